The summed E-state index contributed by atoms with van der Waals surface area (Å²) in [5, 5.41) is 5.34. The van der Waals surface area contributed by atoms with Crippen molar-refractivity contribution < 1.29 is 38.2 Å². The van der Waals surface area contributed by atoms with Crippen LogP contribution in [0, 0.1) is 29.1 Å². The second-order valence-electron chi connectivity index (χ2n) is 19.8. The number of fused-ring (bicyclic) bond motifs is 3. The van der Waals surface area contributed by atoms with Crippen LogP contribution in [0.1, 0.15) is 101 Å². The second-order valence-corrected chi connectivity index (χ2v) is 19.8. The average Bonchev–Trinajstić information content (AvgIpc) is 4.16. The quantitative estimate of drug-likeness (QED) is 0.285. The number of hydrogen-bond donors (Lipinski definition) is 2. The number of hydrogen-bond acceptors (Lipinski definition) is 10. The first-order valence-electron chi connectivity index (χ1n) is 23.9. The monoisotopic (exact) mass is 912 g/mol. The molecule has 4 aliphatic heterocycles. The molecule has 8 aliphatic rings. The van der Waals surface area contributed by atoms with Gasteiger partial charge in [0.2, 0.25) is 11.8 Å². The maximum atomic E-state index is 13.9. The van der Waals surface area contributed by atoms with E-state index in [1.54, 1.807) is 9.80 Å². The SMILES string of the molecule is COC(=O)N[C@H](C(=O)N1CCC[C@H]1C1=NC(=O)C2C=C(c3ccc(C4=CC5C(=O)N=C([C@@H]6CCCN6C(=O)[C@@H](NC(=O)OC)C(C)C)N=C5C=C4)c4c3CC3(CCCC3)C4)C=CC2=N1)C(C)C. The fourth-order valence-electron chi connectivity index (χ4n) is 11.4. The molecule has 2 N–H and O–H groups in total. The third-order valence-corrected chi connectivity index (χ3v) is 14.9. The summed E-state index contributed by atoms with van der Waals surface area (Å²) in [6.45, 7) is 8.37. The van der Waals surface area contributed by atoms with E-state index in [9.17, 15) is 28.8 Å². The zero-order valence-electron chi connectivity index (χ0n) is 39.2. The zero-order valence-corrected chi connectivity index (χ0v) is 39.2. The Morgan fingerprint density at radius 2 is 1.04 bits per heavy atom. The molecule has 1 aromatic carbocycles. The Morgan fingerprint density at radius 3 is 1.43 bits per heavy atom. The number of aliphatic imine (C=N–C) groups is 4. The summed E-state index contributed by atoms with van der Waals surface area (Å²) in [7, 11) is 2.52. The van der Waals surface area contributed by atoms with Crippen molar-refractivity contribution in [3.63, 3.8) is 0 Å². The van der Waals surface area contributed by atoms with Crippen LogP contribution in [-0.2, 0) is 41.5 Å². The number of nitrogens with one attached hydrogen (secondary N) is 2. The topological polar surface area (TPSA) is 201 Å². The van der Waals surface area contributed by atoms with Crippen LogP contribution in [0.5, 0.6) is 0 Å². The van der Waals surface area contributed by atoms with Crippen LogP contribution >= 0.6 is 0 Å². The smallest absolute Gasteiger partial charge is 0.407 e. The van der Waals surface area contributed by atoms with E-state index in [2.05, 4.69) is 32.8 Å². The Morgan fingerprint density at radius 1 is 0.627 bits per heavy atom. The van der Waals surface area contributed by atoms with Crippen molar-refractivity contribution in [2.75, 3.05) is 27.3 Å². The molecule has 67 heavy (non-hydrogen) atoms. The number of amidine groups is 2. The summed E-state index contributed by atoms with van der Waals surface area (Å²) in [4.78, 5) is 102. The van der Waals surface area contributed by atoms with Crippen LogP contribution in [0.25, 0.3) is 11.1 Å². The number of likely N-dealkylation sites (tertiary alicyclic amines) is 2. The lowest BCUT2D eigenvalue weighted by atomic mass is 9.82. The van der Waals surface area contributed by atoms with Crippen molar-refractivity contribution in [1.82, 2.24) is 20.4 Å². The predicted octanol–water partition coefficient (Wildman–Crippen LogP) is 5.99. The first-order chi connectivity index (χ1) is 32.2. The number of carbonyl (C=O) groups excluding carboxylic acids is 6. The van der Waals surface area contributed by atoms with E-state index in [4.69, 9.17) is 19.5 Å². The number of methoxy groups -OCH3 is 2. The maximum absolute atomic E-state index is 13.9. The van der Waals surface area contributed by atoms with Crippen LogP contribution in [0.3, 0.4) is 0 Å². The van der Waals surface area contributed by atoms with Crippen molar-refractivity contribution in [3.05, 3.63) is 70.8 Å². The lowest BCUT2D eigenvalue weighted by molar-refractivity contribution is -0.135. The Bertz CT molecular complexity index is 2390. The molecule has 4 aliphatic carbocycles. The highest BCUT2D eigenvalue weighted by atomic mass is 16.5. The summed E-state index contributed by atoms with van der Waals surface area (Å²) in [6.07, 6.45) is 19.6. The molecule has 2 saturated heterocycles. The van der Waals surface area contributed by atoms with Gasteiger partial charge in [-0.15, -0.1) is 0 Å². The molecule has 16 heteroatoms. The van der Waals surface area contributed by atoms with Crippen molar-refractivity contribution in [2.24, 2.45) is 49.1 Å². The molecule has 1 saturated carbocycles. The molecule has 3 fully saturated rings. The van der Waals surface area contributed by atoms with Crippen LogP contribution < -0.4 is 10.6 Å². The van der Waals surface area contributed by atoms with Gasteiger partial charge in [0.15, 0.2) is 11.7 Å². The van der Waals surface area contributed by atoms with Crippen LogP contribution in [-0.4, -0.2) is 120 Å². The van der Waals surface area contributed by atoms with E-state index in [0.29, 0.717) is 49.0 Å². The molecular formula is C51H60N8O8. The van der Waals surface area contributed by atoms with Gasteiger partial charge in [0.05, 0.1) is 37.7 Å². The highest BCUT2D eigenvalue weighted by molar-refractivity contribution is 6.25. The van der Waals surface area contributed by atoms with Gasteiger partial charge in [0, 0.05) is 13.1 Å². The van der Waals surface area contributed by atoms with E-state index < -0.39 is 48.2 Å². The molecule has 6 atom stereocenters. The molecule has 6 amide bonds. The minimum Gasteiger partial charge on any atom is -0.453 e. The average molecular weight is 913 g/mol. The number of amides is 6. The van der Waals surface area contributed by atoms with Crippen LogP contribution in [0.2, 0.25) is 0 Å². The first kappa shape index (κ1) is 45.8. The highest BCUT2D eigenvalue weighted by Gasteiger charge is 2.45. The van der Waals surface area contributed by atoms with E-state index >= 15 is 0 Å². The molecule has 0 aromatic heterocycles. The van der Waals surface area contributed by atoms with E-state index in [-0.39, 0.29) is 40.9 Å². The largest absolute Gasteiger partial charge is 0.453 e. The van der Waals surface area contributed by atoms with Gasteiger partial charge in [-0.1, -0.05) is 77.0 Å². The maximum Gasteiger partial charge on any atom is 0.407 e. The van der Waals surface area contributed by atoms with Gasteiger partial charge < -0.3 is 29.9 Å². The molecule has 352 valence electrons. The van der Waals surface area contributed by atoms with Crippen molar-refractivity contribution in [2.45, 2.75) is 116 Å². The molecule has 2 unspecified atom stereocenters. The van der Waals surface area contributed by atoms with Crippen molar-refractivity contribution >= 4 is 70.1 Å². The number of benzene rings is 1. The lowest BCUT2D eigenvalue weighted by Gasteiger charge is -2.31. The Hall–Kier alpha value is -6.32. The predicted molar refractivity (Wildman–Crippen MR) is 254 cm³/mol. The Labute approximate surface area is 390 Å². The molecule has 16 nitrogen and oxygen atoms in total. The highest BCUT2D eigenvalue weighted by Crippen LogP contribution is 2.52. The molecule has 1 aromatic rings. The van der Waals surface area contributed by atoms with Crippen LogP contribution in [0.15, 0.2) is 68.6 Å². The minimum absolute atomic E-state index is 0.154. The van der Waals surface area contributed by atoms with E-state index in [1.807, 2.05) is 64.2 Å². The van der Waals surface area contributed by atoms with Crippen molar-refractivity contribution in [1.29, 1.82) is 0 Å². The zero-order chi connectivity index (χ0) is 47.3. The summed E-state index contributed by atoms with van der Waals surface area (Å²) in [6, 6.07) is 1.71. The number of allylic oxidation sites excluding steroid dienone is 6. The lowest BCUT2D eigenvalue weighted by Crippen LogP contribution is -2.54. The van der Waals surface area contributed by atoms with Gasteiger partial charge >= 0.3 is 12.2 Å². The molecule has 9 rings (SSSR count). The summed E-state index contributed by atoms with van der Waals surface area (Å²) >= 11 is 0. The number of ether oxygens (including phenoxy) is 2. The standard InChI is InChI=1S/C51H60N8O8/c1-27(2)41(54-49(64)66-5)47(62)58-21-9-11-39(58)43-52-37-17-13-29(23-33(37)45(60)56-43)31-15-16-32(36-26-51(25-35(31)36)19-7-8-20-51)30-14-18-38-34(24-30)46(61)57-44(53-38)40-12-10-22-59(40)48(63)42(28(3)4)55-50(65)67-6/h13-18,23-24,27-28,33-34,39-42H,7-12,19-22,25-26H2,1-6H3,(H,54,64)(H,55,65)/t33?,34?,39-,40-,41-,42-/m0/s1. The fraction of sp³-hybridized carbons (Fsp3) is 0.529. The third kappa shape index (κ3) is 8.63. The minimum atomic E-state index is -0.796. The van der Waals surface area contributed by atoms with Gasteiger partial charge in [-0.25, -0.2) is 19.6 Å². The number of rotatable bonds is 10. The number of alkyl carbamates (subject to hydrolysis) is 2. The van der Waals surface area contributed by atoms with Gasteiger partial charge in [0.25, 0.3) is 11.8 Å². The fourth-order valence-corrected chi connectivity index (χ4v) is 11.4. The molecular weight excluding hydrogens is 853 g/mol. The van der Waals surface area contributed by atoms with Crippen molar-refractivity contribution in [3.8, 4) is 0 Å². The van der Waals surface area contributed by atoms with E-state index in [1.165, 1.54) is 38.2 Å². The summed E-state index contributed by atoms with van der Waals surface area (Å²) < 4.78 is 9.56. The summed E-state index contributed by atoms with van der Waals surface area (Å²) in [5.74, 6) is -2.23. The third-order valence-electron chi connectivity index (χ3n) is 14.9. The van der Waals surface area contributed by atoms with Gasteiger partial charge in [0.1, 0.15) is 23.9 Å². The first-order valence-corrected chi connectivity index (χ1v) is 23.9. The molecule has 0 bridgehead atoms. The number of carbonyl (C=O) groups is 6. The second kappa shape index (κ2) is 18.4. The van der Waals surface area contributed by atoms with Gasteiger partial charge in [-0.3, -0.25) is 19.2 Å². The number of nitrogens with zero attached hydrogens (tertiary/aromatic N) is 6. The Balaban J connectivity index is 0.956. The molecule has 0 radical (unpaired) electrons. The van der Waals surface area contributed by atoms with Crippen LogP contribution in [0.4, 0.5) is 9.59 Å². The molecule has 1 spiro atoms. The van der Waals surface area contributed by atoms with Gasteiger partial charge in [-0.2, -0.15) is 9.98 Å². The molecule has 4 heterocycles. The van der Waals surface area contributed by atoms with E-state index in [0.717, 1.165) is 60.8 Å². The normalized spacial score (nSPS) is 25.7. The van der Waals surface area contributed by atoms with Gasteiger partial charge in [-0.05, 0) is 114 Å². The summed E-state index contributed by atoms with van der Waals surface area (Å²) in [5.41, 5.74) is 7.89. The Kier molecular flexibility index (Phi) is 12.6.